The van der Waals surface area contributed by atoms with Crippen LogP contribution in [0.4, 0.5) is 4.39 Å². The maximum atomic E-state index is 13.5. The SMILES string of the molecule is O=C(Cc1c(Cl)cccc1Cl)NCC(O)c1ccccc1F. The van der Waals surface area contributed by atoms with E-state index in [-0.39, 0.29) is 24.4 Å². The molecule has 2 aromatic rings. The molecule has 0 saturated heterocycles. The lowest BCUT2D eigenvalue weighted by Crippen LogP contribution is -2.30. The van der Waals surface area contributed by atoms with Gasteiger partial charge >= 0.3 is 0 Å². The van der Waals surface area contributed by atoms with Crippen LogP contribution in [0.5, 0.6) is 0 Å². The Kier molecular flexibility index (Phi) is 5.77. The van der Waals surface area contributed by atoms with E-state index in [1.807, 2.05) is 0 Å². The van der Waals surface area contributed by atoms with Crippen molar-refractivity contribution in [3.63, 3.8) is 0 Å². The Labute approximate surface area is 137 Å². The monoisotopic (exact) mass is 341 g/mol. The van der Waals surface area contributed by atoms with E-state index >= 15 is 0 Å². The molecule has 0 aromatic heterocycles. The maximum absolute atomic E-state index is 13.5. The van der Waals surface area contributed by atoms with E-state index < -0.39 is 11.9 Å². The molecule has 3 nitrogen and oxygen atoms in total. The number of benzene rings is 2. The summed E-state index contributed by atoms with van der Waals surface area (Å²) in [7, 11) is 0. The average molecular weight is 342 g/mol. The maximum Gasteiger partial charge on any atom is 0.224 e. The van der Waals surface area contributed by atoms with E-state index in [9.17, 15) is 14.3 Å². The van der Waals surface area contributed by atoms with Crippen LogP contribution in [0.25, 0.3) is 0 Å². The highest BCUT2D eigenvalue weighted by Crippen LogP contribution is 2.24. The summed E-state index contributed by atoms with van der Waals surface area (Å²) in [6.07, 6.45) is -1.13. The minimum atomic E-state index is -1.12. The van der Waals surface area contributed by atoms with Crippen LogP contribution < -0.4 is 5.32 Å². The lowest BCUT2D eigenvalue weighted by Gasteiger charge is -2.13. The molecule has 0 bridgehead atoms. The van der Waals surface area contributed by atoms with Gasteiger partial charge in [-0.15, -0.1) is 0 Å². The Morgan fingerprint density at radius 3 is 2.41 bits per heavy atom. The van der Waals surface area contributed by atoms with Crippen LogP contribution in [0, 0.1) is 5.82 Å². The second-order valence-electron chi connectivity index (χ2n) is 4.72. The Balaban J connectivity index is 1.95. The number of aliphatic hydroxyl groups is 1. The third-order valence-corrected chi connectivity index (χ3v) is 3.86. The molecule has 0 radical (unpaired) electrons. The van der Waals surface area contributed by atoms with Gasteiger partial charge in [0.2, 0.25) is 5.91 Å². The highest BCUT2D eigenvalue weighted by atomic mass is 35.5. The number of nitrogens with one attached hydrogen (secondary N) is 1. The quantitative estimate of drug-likeness (QED) is 0.873. The number of hydrogen-bond acceptors (Lipinski definition) is 2. The van der Waals surface area contributed by atoms with Crippen molar-refractivity contribution >= 4 is 29.1 Å². The Morgan fingerprint density at radius 2 is 1.77 bits per heavy atom. The topological polar surface area (TPSA) is 49.3 Å². The van der Waals surface area contributed by atoms with Crippen LogP contribution in [0.3, 0.4) is 0 Å². The molecule has 0 aliphatic heterocycles. The normalized spacial score (nSPS) is 12.0. The number of carbonyl (C=O) groups excluding carboxylic acids is 1. The highest BCUT2D eigenvalue weighted by molar-refractivity contribution is 6.36. The minimum Gasteiger partial charge on any atom is -0.386 e. The first-order valence-electron chi connectivity index (χ1n) is 6.61. The first kappa shape index (κ1) is 16.7. The molecule has 0 heterocycles. The predicted molar refractivity (Wildman–Crippen MR) is 84.5 cm³/mol. The molecule has 2 rings (SSSR count). The van der Waals surface area contributed by atoms with Gasteiger partial charge < -0.3 is 10.4 Å². The Bertz CT molecular complexity index is 659. The number of hydrogen-bond donors (Lipinski definition) is 2. The van der Waals surface area contributed by atoms with Crippen molar-refractivity contribution < 1.29 is 14.3 Å². The second-order valence-corrected chi connectivity index (χ2v) is 5.53. The Morgan fingerprint density at radius 1 is 1.14 bits per heavy atom. The van der Waals surface area contributed by atoms with Crippen molar-refractivity contribution in [2.24, 2.45) is 0 Å². The smallest absolute Gasteiger partial charge is 0.224 e. The first-order valence-corrected chi connectivity index (χ1v) is 7.36. The summed E-state index contributed by atoms with van der Waals surface area (Å²) in [6.45, 7) is -0.0954. The van der Waals surface area contributed by atoms with Gasteiger partial charge in [0, 0.05) is 22.2 Å². The first-order chi connectivity index (χ1) is 10.5. The highest BCUT2D eigenvalue weighted by Gasteiger charge is 2.15. The van der Waals surface area contributed by atoms with Gasteiger partial charge in [0.25, 0.3) is 0 Å². The third kappa shape index (κ3) is 4.19. The molecule has 1 amide bonds. The number of halogens is 3. The number of aliphatic hydroxyl groups excluding tert-OH is 1. The minimum absolute atomic E-state index is 0.0114. The van der Waals surface area contributed by atoms with Crippen molar-refractivity contribution in [2.75, 3.05) is 6.54 Å². The predicted octanol–water partition coefficient (Wildman–Crippen LogP) is 3.52. The van der Waals surface area contributed by atoms with Crippen molar-refractivity contribution in [3.05, 3.63) is 69.5 Å². The largest absolute Gasteiger partial charge is 0.386 e. The second kappa shape index (κ2) is 7.58. The van der Waals surface area contributed by atoms with Crippen molar-refractivity contribution in [2.45, 2.75) is 12.5 Å². The van der Waals surface area contributed by atoms with E-state index in [2.05, 4.69) is 5.32 Å². The van der Waals surface area contributed by atoms with Crippen LogP contribution in [-0.4, -0.2) is 17.6 Å². The van der Waals surface area contributed by atoms with Crippen molar-refractivity contribution in [1.82, 2.24) is 5.32 Å². The van der Waals surface area contributed by atoms with E-state index in [1.54, 1.807) is 24.3 Å². The van der Waals surface area contributed by atoms with Gasteiger partial charge in [0.05, 0.1) is 12.5 Å². The van der Waals surface area contributed by atoms with Crippen LogP contribution in [0.1, 0.15) is 17.2 Å². The molecule has 1 atom stereocenters. The molecule has 0 saturated carbocycles. The van der Waals surface area contributed by atoms with Gasteiger partial charge in [0.1, 0.15) is 5.82 Å². The average Bonchev–Trinajstić information content (AvgIpc) is 2.49. The fourth-order valence-corrected chi connectivity index (χ4v) is 2.52. The molecule has 1 unspecified atom stereocenters. The number of carbonyl (C=O) groups is 1. The van der Waals surface area contributed by atoms with Crippen LogP contribution in [-0.2, 0) is 11.2 Å². The molecule has 2 aromatic carbocycles. The Hall–Kier alpha value is -1.62. The zero-order valence-electron chi connectivity index (χ0n) is 11.5. The lowest BCUT2D eigenvalue weighted by molar-refractivity contribution is -0.120. The van der Waals surface area contributed by atoms with Gasteiger partial charge in [-0.1, -0.05) is 47.5 Å². The molecule has 0 fully saturated rings. The van der Waals surface area contributed by atoms with E-state index in [0.717, 1.165) is 0 Å². The fourth-order valence-electron chi connectivity index (χ4n) is 1.99. The molecular weight excluding hydrogens is 328 g/mol. The summed E-state index contributed by atoms with van der Waals surface area (Å²) in [5, 5.41) is 13.3. The number of amides is 1. The van der Waals surface area contributed by atoms with Gasteiger partial charge in [-0.3, -0.25) is 4.79 Å². The van der Waals surface area contributed by atoms with Crippen molar-refractivity contribution in [1.29, 1.82) is 0 Å². The zero-order chi connectivity index (χ0) is 16.1. The van der Waals surface area contributed by atoms with Crippen molar-refractivity contribution in [3.8, 4) is 0 Å². The summed E-state index contributed by atoms with van der Waals surface area (Å²) in [5.74, 6) is -0.871. The summed E-state index contributed by atoms with van der Waals surface area (Å²) >= 11 is 12.0. The van der Waals surface area contributed by atoms with Crippen LogP contribution in [0.15, 0.2) is 42.5 Å². The molecular formula is C16H14Cl2FNO2. The summed E-state index contributed by atoms with van der Waals surface area (Å²) in [5.41, 5.74) is 0.655. The molecule has 0 aliphatic carbocycles. The van der Waals surface area contributed by atoms with Gasteiger partial charge in [-0.25, -0.2) is 4.39 Å². The third-order valence-electron chi connectivity index (χ3n) is 3.16. The van der Waals surface area contributed by atoms with Gasteiger partial charge in [-0.05, 0) is 23.8 Å². The molecule has 116 valence electrons. The molecule has 2 N–H and O–H groups in total. The van der Waals surface area contributed by atoms with Gasteiger partial charge in [0.15, 0.2) is 0 Å². The molecule has 6 heteroatoms. The van der Waals surface area contributed by atoms with Crippen LogP contribution >= 0.6 is 23.2 Å². The van der Waals surface area contributed by atoms with E-state index in [0.29, 0.717) is 15.6 Å². The molecule has 22 heavy (non-hydrogen) atoms. The fraction of sp³-hybridized carbons (Fsp3) is 0.188. The standard InChI is InChI=1S/C16H14Cl2FNO2/c17-12-5-3-6-13(18)11(12)8-16(22)20-9-15(21)10-4-1-2-7-14(10)19/h1-7,15,21H,8-9H2,(H,20,22). The molecule has 0 aliphatic rings. The zero-order valence-corrected chi connectivity index (χ0v) is 13.0. The summed E-state index contributed by atoms with van der Waals surface area (Å²) in [6, 6.07) is 10.8. The van der Waals surface area contributed by atoms with E-state index in [4.69, 9.17) is 23.2 Å². The van der Waals surface area contributed by atoms with E-state index in [1.165, 1.54) is 18.2 Å². The number of rotatable bonds is 5. The molecule has 0 spiro atoms. The summed E-state index contributed by atoms with van der Waals surface area (Å²) in [4.78, 5) is 11.9. The lowest BCUT2D eigenvalue weighted by atomic mass is 10.1. The van der Waals surface area contributed by atoms with Crippen LogP contribution in [0.2, 0.25) is 10.0 Å². The summed E-state index contributed by atoms with van der Waals surface area (Å²) < 4.78 is 13.5. The van der Waals surface area contributed by atoms with Gasteiger partial charge in [-0.2, -0.15) is 0 Å².